The molecule has 1 atom stereocenters. The molecule has 7 heteroatoms. The Labute approximate surface area is 171 Å². The van der Waals surface area contributed by atoms with Gasteiger partial charge in [-0.3, -0.25) is 4.99 Å². The van der Waals surface area contributed by atoms with Gasteiger partial charge in [0.2, 0.25) is 0 Å². The zero-order chi connectivity index (χ0) is 18.1. The van der Waals surface area contributed by atoms with Crippen LogP contribution in [0.4, 0.5) is 5.69 Å². The molecule has 0 saturated carbocycles. The fourth-order valence-electron chi connectivity index (χ4n) is 2.20. The first-order valence-corrected chi connectivity index (χ1v) is 8.09. The number of nitrogens with one attached hydrogen (secondary N) is 1. The number of aliphatic imine (C=N–C) groups is 1. The van der Waals surface area contributed by atoms with E-state index in [4.69, 9.17) is 19.9 Å². The number of para-hydroxylation sites is 4. The number of rotatable bonds is 8. The molecular formula is C19H26IN3O3. The van der Waals surface area contributed by atoms with E-state index in [-0.39, 0.29) is 29.9 Å². The fourth-order valence-corrected chi connectivity index (χ4v) is 2.20. The van der Waals surface area contributed by atoms with Crippen LogP contribution in [0.25, 0.3) is 0 Å². The predicted octanol–water partition coefficient (Wildman–Crippen LogP) is 3.76. The summed E-state index contributed by atoms with van der Waals surface area (Å²) in [6.45, 7) is 3.12. The molecule has 1 unspecified atom stereocenters. The Morgan fingerprint density at radius 3 is 2.23 bits per heavy atom. The van der Waals surface area contributed by atoms with Crippen molar-refractivity contribution >= 4 is 35.6 Å². The van der Waals surface area contributed by atoms with Crippen LogP contribution < -0.4 is 25.3 Å². The number of nitrogens with two attached hydrogens (primary N) is 1. The molecule has 0 aromatic heterocycles. The molecule has 6 nitrogen and oxygen atoms in total. The maximum Gasteiger partial charge on any atom is 0.193 e. The summed E-state index contributed by atoms with van der Waals surface area (Å²) in [6.07, 6.45) is 0. The van der Waals surface area contributed by atoms with Gasteiger partial charge in [-0.05, 0) is 24.3 Å². The van der Waals surface area contributed by atoms with Crippen molar-refractivity contribution < 1.29 is 14.2 Å². The van der Waals surface area contributed by atoms with Gasteiger partial charge < -0.3 is 25.3 Å². The van der Waals surface area contributed by atoms with Gasteiger partial charge in [0.15, 0.2) is 17.5 Å². The normalized spacial score (nSPS) is 11.9. The van der Waals surface area contributed by atoms with Crippen molar-refractivity contribution in [1.82, 2.24) is 0 Å². The summed E-state index contributed by atoms with van der Waals surface area (Å²) in [6, 6.07) is 15.1. The van der Waals surface area contributed by atoms with E-state index in [0.29, 0.717) is 24.9 Å². The van der Waals surface area contributed by atoms with Crippen molar-refractivity contribution in [2.75, 3.05) is 32.7 Å². The van der Waals surface area contributed by atoms with Gasteiger partial charge in [-0.25, -0.2) is 0 Å². The molecular weight excluding hydrogens is 445 g/mol. The Bertz CT molecular complexity index is 710. The van der Waals surface area contributed by atoms with Gasteiger partial charge in [-0.2, -0.15) is 0 Å². The Balaban J connectivity index is 0.00000338. The third-order valence-corrected chi connectivity index (χ3v) is 3.54. The maximum atomic E-state index is 5.95. The lowest BCUT2D eigenvalue weighted by atomic mass is 10.2. The Kier molecular flexibility index (Phi) is 9.64. The van der Waals surface area contributed by atoms with E-state index in [9.17, 15) is 0 Å². The molecule has 0 aliphatic carbocycles. The SMILES string of the molecule is COc1ccccc1NC(N)=NCC(C)COc1ccccc1OC.I. The van der Waals surface area contributed by atoms with Gasteiger partial charge >= 0.3 is 0 Å². The number of nitrogens with zero attached hydrogens (tertiary/aromatic N) is 1. The van der Waals surface area contributed by atoms with Crippen molar-refractivity contribution in [3.63, 3.8) is 0 Å². The Morgan fingerprint density at radius 1 is 1.00 bits per heavy atom. The molecule has 2 aromatic carbocycles. The van der Waals surface area contributed by atoms with Crippen LogP contribution in [-0.4, -0.2) is 33.3 Å². The summed E-state index contributed by atoms with van der Waals surface area (Å²) < 4.78 is 16.3. The third-order valence-electron chi connectivity index (χ3n) is 3.54. The van der Waals surface area contributed by atoms with E-state index in [1.807, 2.05) is 48.5 Å². The van der Waals surface area contributed by atoms with Crippen molar-refractivity contribution in [2.24, 2.45) is 16.6 Å². The average Bonchev–Trinajstić information content (AvgIpc) is 2.65. The number of guanidine groups is 1. The van der Waals surface area contributed by atoms with Crippen molar-refractivity contribution in [3.8, 4) is 17.2 Å². The van der Waals surface area contributed by atoms with E-state index in [1.54, 1.807) is 14.2 Å². The summed E-state index contributed by atoms with van der Waals surface area (Å²) in [5.41, 5.74) is 6.73. The minimum Gasteiger partial charge on any atom is -0.495 e. The first kappa shape index (κ1) is 21.9. The zero-order valence-corrected chi connectivity index (χ0v) is 17.6. The fraction of sp³-hybridized carbons (Fsp3) is 0.316. The second-order valence-electron chi connectivity index (χ2n) is 5.62. The largest absolute Gasteiger partial charge is 0.495 e. The quantitative estimate of drug-likeness (QED) is 0.348. The van der Waals surface area contributed by atoms with E-state index >= 15 is 0 Å². The van der Waals surface area contributed by atoms with E-state index < -0.39 is 0 Å². The van der Waals surface area contributed by atoms with Crippen molar-refractivity contribution in [2.45, 2.75) is 6.92 Å². The van der Waals surface area contributed by atoms with Gasteiger partial charge in [0.05, 0.1) is 26.5 Å². The summed E-state index contributed by atoms with van der Waals surface area (Å²) in [4.78, 5) is 4.37. The van der Waals surface area contributed by atoms with Crippen LogP contribution in [-0.2, 0) is 0 Å². The van der Waals surface area contributed by atoms with Crippen LogP contribution in [0, 0.1) is 5.92 Å². The van der Waals surface area contributed by atoms with Crippen LogP contribution in [0.3, 0.4) is 0 Å². The molecule has 0 fully saturated rings. The molecule has 2 rings (SSSR count). The Hall–Kier alpha value is -2.16. The highest BCUT2D eigenvalue weighted by molar-refractivity contribution is 14.0. The number of hydrogen-bond acceptors (Lipinski definition) is 4. The molecule has 0 aliphatic rings. The molecule has 0 radical (unpaired) electrons. The molecule has 0 saturated heterocycles. The van der Waals surface area contributed by atoms with Gasteiger partial charge in [-0.15, -0.1) is 24.0 Å². The lowest BCUT2D eigenvalue weighted by Gasteiger charge is -2.14. The van der Waals surface area contributed by atoms with E-state index in [2.05, 4.69) is 17.2 Å². The smallest absolute Gasteiger partial charge is 0.193 e. The molecule has 3 N–H and O–H groups in total. The van der Waals surface area contributed by atoms with Crippen LogP contribution in [0.15, 0.2) is 53.5 Å². The molecule has 0 heterocycles. The van der Waals surface area contributed by atoms with Gasteiger partial charge in [-0.1, -0.05) is 31.2 Å². The summed E-state index contributed by atoms with van der Waals surface area (Å²) in [5, 5.41) is 3.05. The number of ether oxygens (including phenoxy) is 3. The lowest BCUT2D eigenvalue weighted by molar-refractivity contribution is 0.251. The lowest BCUT2D eigenvalue weighted by Crippen LogP contribution is -2.24. The van der Waals surface area contributed by atoms with Crippen LogP contribution in [0.5, 0.6) is 17.2 Å². The third kappa shape index (κ3) is 6.62. The van der Waals surface area contributed by atoms with Crippen LogP contribution in [0.1, 0.15) is 6.92 Å². The molecule has 0 amide bonds. The zero-order valence-electron chi connectivity index (χ0n) is 15.3. The topological polar surface area (TPSA) is 78.1 Å². The highest BCUT2D eigenvalue weighted by atomic mass is 127. The number of hydrogen-bond donors (Lipinski definition) is 2. The molecule has 26 heavy (non-hydrogen) atoms. The highest BCUT2D eigenvalue weighted by Crippen LogP contribution is 2.26. The standard InChI is InChI=1S/C19H25N3O3.HI/c1-14(13-25-18-11-7-6-10-17(18)24-3)12-21-19(20)22-15-8-4-5-9-16(15)23-2;/h4-11,14H,12-13H2,1-3H3,(H3,20,21,22);1H. The minimum absolute atomic E-state index is 0. The summed E-state index contributed by atoms with van der Waals surface area (Å²) in [7, 11) is 3.24. The monoisotopic (exact) mass is 471 g/mol. The number of halogens is 1. The number of anilines is 1. The summed E-state index contributed by atoms with van der Waals surface area (Å²) >= 11 is 0. The Morgan fingerprint density at radius 2 is 1.58 bits per heavy atom. The second-order valence-corrected chi connectivity index (χ2v) is 5.62. The molecule has 0 bridgehead atoms. The highest BCUT2D eigenvalue weighted by Gasteiger charge is 2.07. The van der Waals surface area contributed by atoms with Crippen LogP contribution >= 0.6 is 24.0 Å². The first-order chi connectivity index (χ1) is 12.1. The van der Waals surface area contributed by atoms with E-state index in [0.717, 1.165) is 17.2 Å². The van der Waals surface area contributed by atoms with Gasteiger partial charge in [0.1, 0.15) is 5.75 Å². The summed E-state index contributed by atoms with van der Waals surface area (Å²) in [5.74, 6) is 2.70. The number of benzene rings is 2. The van der Waals surface area contributed by atoms with Crippen molar-refractivity contribution in [3.05, 3.63) is 48.5 Å². The van der Waals surface area contributed by atoms with Crippen LogP contribution in [0.2, 0.25) is 0 Å². The van der Waals surface area contributed by atoms with Crippen molar-refractivity contribution in [1.29, 1.82) is 0 Å². The maximum absolute atomic E-state index is 5.95. The van der Waals surface area contributed by atoms with Gasteiger partial charge in [0.25, 0.3) is 0 Å². The second kappa shape index (κ2) is 11.5. The molecule has 142 valence electrons. The van der Waals surface area contributed by atoms with Gasteiger partial charge in [0, 0.05) is 12.5 Å². The molecule has 0 aliphatic heterocycles. The first-order valence-electron chi connectivity index (χ1n) is 8.09. The average molecular weight is 471 g/mol. The molecule has 2 aromatic rings. The number of methoxy groups -OCH3 is 2. The van der Waals surface area contributed by atoms with E-state index in [1.165, 1.54) is 0 Å². The predicted molar refractivity (Wildman–Crippen MR) is 116 cm³/mol. The molecule has 0 spiro atoms. The minimum atomic E-state index is 0.